The summed E-state index contributed by atoms with van der Waals surface area (Å²) in [6, 6.07) is 0.305. The van der Waals surface area contributed by atoms with Crippen molar-refractivity contribution in [2.45, 2.75) is 57.3 Å². The molecule has 1 aliphatic heterocycles. The van der Waals surface area contributed by atoms with E-state index in [4.69, 9.17) is 4.74 Å². The summed E-state index contributed by atoms with van der Waals surface area (Å²) in [4.78, 5) is 14.1. The normalized spacial score (nSPS) is 31.4. The molecule has 2 N–H and O–H groups in total. The average molecular weight is 294 g/mol. The lowest BCUT2D eigenvalue weighted by Crippen LogP contribution is -2.63. The van der Waals surface area contributed by atoms with Crippen LogP contribution in [0.4, 0.5) is 4.79 Å². The topological polar surface area (TPSA) is 61.8 Å². The summed E-state index contributed by atoms with van der Waals surface area (Å²) in [5.41, 5.74) is -0.109. The first-order valence-electron chi connectivity index (χ1n) is 8.16. The molecule has 5 nitrogen and oxygen atoms in total. The average Bonchev–Trinajstić information content (AvgIpc) is 3.00. The molecule has 0 radical (unpaired) electrons. The second-order valence-electron chi connectivity index (χ2n) is 6.50. The molecule has 3 aliphatic rings. The second kappa shape index (κ2) is 5.97. The van der Waals surface area contributed by atoms with E-state index in [1.165, 1.54) is 0 Å². The molecule has 0 aromatic carbocycles. The number of hydrogen-bond donors (Lipinski definition) is 2. The van der Waals surface area contributed by atoms with Crippen LogP contribution in [0.15, 0.2) is 12.2 Å². The Hall–Kier alpha value is -1.07. The lowest BCUT2D eigenvalue weighted by Gasteiger charge is -2.56. The lowest BCUT2D eigenvalue weighted by atomic mass is 9.58. The second-order valence-corrected chi connectivity index (χ2v) is 6.50. The number of hydrogen-bond acceptors (Lipinski definition) is 3. The number of piperidine rings is 1. The van der Waals surface area contributed by atoms with Crippen molar-refractivity contribution in [1.29, 1.82) is 0 Å². The molecule has 2 atom stereocenters. The molecule has 1 saturated carbocycles. The zero-order chi connectivity index (χ0) is 14.9. The molecule has 21 heavy (non-hydrogen) atoms. The van der Waals surface area contributed by atoms with E-state index in [0.29, 0.717) is 19.7 Å². The van der Waals surface area contributed by atoms with Crippen LogP contribution < -0.4 is 5.32 Å². The molecule has 1 spiro atoms. The third-order valence-electron chi connectivity index (χ3n) is 5.43. The van der Waals surface area contributed by atoms with Gasteiger partial charge in [0.15, 0.2) is 0 Å². The number of amides is 2. The lowest BCUT2D eigenvalue weighted by molar-refractivity contribution is -0.207. The van der Waals surface area contributed by atoms with Crippen molar-refractivity contribution in [3.63, 3.8) is 0 Å². The Morgan fingerprint density at radius 3 is 2.62 bits per heavy atom. The summed E-state index contributed by atoms with van der Waals surface area (Å²) in [5.74, 6) is 0. The predicted octanol–water partition coefficient (Wildman–Crippen LogP) is 1.67. The highest BCUT2D eigenvalue weighted by molar-refractivity contribution is 5.74. The summed E-state index contributed by atoms with van der Waals surface area (Å²) in [6.45, 7) is 4.12. The number of aliphatic hydroxyl groups is 1. The Kier molecular flexibility index (Phi) is 4.22. The van der Waals surface area contributed by atoms with E-state index in [-0.39, 0.29) is 29.7 Å². The van der Waals surface area contributed by atoms with Gasteiger partial charge in [0, 0.05) is 37.6 Å². The molecule has 2 aliphatic carbocycles. The van der Waals surface area contributed by atoms with Crippen LogP contribution in [0.5, 0.6) is 0 Å². The number of nitrogens with one attached hydrogen (secondary N) is 1. The van der Waals surface area contributed by atoms with Crippen molar-refractivity contribution in [2.24, 2.45) is 5.41 Å². The molecular formula is C16H26N2O3. The van der Waals surface area contributed by atoms with Gasteiger partial charge in [0.05, 0.1) is 12.2 Å². The molecular weight excluding hydrogens is 268 g/mol. The van der Waals surface area contributed by atoms with Crippen LogP contribution >= 0.6 is 0 Å². The minimum Gasteiger partial charge on any atom is -0.392 e. The Bertz CT molecular complexity index is 406. The maximum absolute atomic E-state index is 12.3. The Morgan fingerprint density at radius 2 is 2.05 bits per heavy atom. The van der Waals surface area contributed by atoms with Gasteiger partial charge in [-0.05, 0) is 32.6 Å². The van der Waals surface area contributed by atoms with Crippen LogP contribution in [0.25, 0.3) is 0 Å². The molecule has 2 amide bonds. The highest BCUT2D eigenvalue weighted by Crippen LogP contribution is 2.50. The number of nitrogens with zero attached hydrogens (tertiary/aromatic N) is 1. The van der Waals surface area contributed by atoms with Crippen LogP contribution in [-0.2, 0) is 4.74 Å². The summed E-state index contributed by atoms with van der Waals surface area (Å²) >= 11 is 0. The molecule has 0 bridgehead atoms. The van der Waals surface area contributed by atoms with Gasteiger partial charge in [-0.3, -0.25) is 0 Å². The van der Waals surface area contributed by atoms with Crippen LogP contribution in [-0.4, -0.2) is 54.0 Å². The van der Waals surface area contributed by atoms with Gasteiger partial charge in [-0.2, -0.15) is 0 Å². The largest absolute Gasteiger partial charge is 0.392 e. The zero-order valence-corrected chi connectivity index (χ0v) is 12.8. The van der Waals surface area contributed by atoms with E-state index in [2.05, 4.69) is 17.5 Å². The van der Waals surface area contributed by atoms with Crippen molar-refractivity contribution >= 4 is 6.03 Å². The molecule has 1 heterocycles. The minimum absolute atomic E-state index is 0.0420. The SMILES string of the molecule is CCOC1CC(O)C12CCN(C(=O)NC1CC=CC1)CC2. The third-order valence-corrected chi connectivity index (χ3v) is 5.43. The van der Waals surface area contributed by atoms with Crippen LogP contribution in [0.3, 0.4) is 0 Å². The maximum atomic E-state index is 12.3. The standard InChI is InChI=1S/C16H26N2O3/c1-2-21-14-11-13(19)16(14)7-9-18(10-8-16)15(20)17-12-5-3-4-6-12/h3-4,12-14,19H,2,5-11H2,1H3,(H,17,20). The highest BCUT2D eigenvalue weighted by atomic mass is 16.5. The number of urea groups is 1. The molecule has 2 fully saturated rings. The molecule has 0 aromatic rings. The molecule has 118 valence electrons. The number of aliphatic hydroxyl groups excluding tert-OH is 1. The van der Waals surface area contributed by atoms with Crippen molar-refractivity contribution in [1.82, 2.24) is 10.2 Å². The summed E-state index contributed by atoms with van der Waals surface area (Å²) < 4.78 is 5.76. The Morgan fingerprint density at radius 1 is 1.38 bits per heavy atom. The maximum Gasteiger partial charge on any atom is 0.317 e. The summed E-state index contributed by atoms with van der Waals surface area (Å²) in [7, 11) is 0. The first-order valence-corrected chi connectivity index (χ1v) is 8.16. The van der Waals surface area contributed by atoms with Crippen molar-refractivity contribution in [3.8, 4) is 0 Å². The van der Waals surface area contributed by atoms with Crippen LogP contribution in [0.2, 0.25) is 0 Å². The predicted molar refractivity (Wildman–Crippen MR) is 80.0 cm³/mol. The van der Waals surface area contributed by atoms with Gasteiger partial charge in [-0.15, -0.1) is 0 Å². The molecule has 5 heteroatoms. The Balaban J connectivity index is 1.51. The fourth-order valence-corrected chi connectivity index (χ4v) is 3.94. The van der Waals surface area contributed by atoms with Gasteiger partial charge in [-0.1, -0.05) is 12.2 Å². The smallest absolute Gasteiger partial charge is 0.317 e. The first kappa shape index (κ1) is 14.9. The summed E-state index contributed by atoms with van der Waals surface area (Å²) in [6.07, 6.45) is 8.45. The minimum atomic E-state index is -0.265. The molecule has 3 rings (SSSR count). The molecule has 1 saturated heterocycles. The van der Waals surface area contributed by atoms with E-state index in [9.17, 15) is 9.90 Å². The number of likely N-dealkylation sites (tertiary alicyclic amines) is 1. The van der Waals surface area contributed by atoms with Gasteiger partial charge in [0.1, 0.15) is 0 Å². The van der Waals surface area contributed by atoms with Gasteiger partial charge < -0.3 is 20.1 Å². The quantitative estimate of drug-likeness (QED) is 0.778. The number of rotatable bonds is 3. The highest BCUT2D eigenvalue weighted by Gasteiger charge is 2.56. The van der Waals surface area contributed by atoms with Gasteiger partial charge in [0.25, 0.3) is 0 Å². The number of ether oxygens (including phenoxy) is 1. The van der Waals surface area contributed by atoms with E-state index in [0.717, 1.165) is 32.1 Å². The monoisotopic (exact) mass is 294 g/mol. The fourth-order valence-electron chi connectivity index (χ4n) is 3.94. The van der Waals surface area contributed by atoms with Crippen LogP contribution in [0, 0.1) is 5.41 Å². The summed E-state index contributed by atoms with van der Waals surface area (Å²) in [5, 5.41) is 13.3. The molecule has 2 unspecified atom stereocenters. The fraction of sp³-hybridized carbons (Fsp3) is 0.812. The van der Waals surface area contributed by atoms with Crippen molar-refractivity contribution < 1.29 is 14.6 Å². The zero-order valence-electron chi connectivity index (χ0n) is 12.8. The van der Waals surface area contributed by atoms with E-state index in [1.54, 1.807) is 0 Å². The Labute approximate surface area is 126 Å². The number of carbonyl (C=O) groups excluding carboxylic acids is 1. The van der Waals surface area contributed by atoms with Gasteiger partial charge in [0.2, 0.25) is 0 Å². The third kappa shape index (κ3) is 2.69. The van der Waals surface area contributed by atoms with Gasteiger partial charge >= 0.3 is 6.03 Å². The molecule has 0 aromatic heterocycles. The number of carbonyl (C=O) groups is 1. The van der Waals surface area contributed by atoms with Crippen molar-refractivity contribution in [2.75, 3.05) is 19.7 Å². The van der Waals surface area contributed by atoms with Crippen LogP contribution in [0.1, 0.15) is 39.0 Å². The first-order chi connectivity index (χ1) is 10.2. The van der Waals surface area contributed by atoms with Gasteiger partial charge in [-0.25, -0.2) is 4.79 Å². The van der Waals surface area contributed by atoms with Crippen molar-refractivity contribution in [3.05, 3.63) is 12.2 Å². The van der Waals surface area contributed by atoms with E-state index >= 15 is 0 Å². The van der Waals surface area contributed by atoms with E-state index in [1.807, 2.05) is 11.8 Å². The van der Waals surface area contributed by atoms with E-state index < -0.39 is 0 Å².